The van der Waals surface area contributed by atoms with Crippen molar-refractivity contribution in [3.8, 4) is 6.07 Å². The van der Waals surface area contributed by atoms with Crippen molar-refractivity contribution < 1.29 is 5.11 Å². The fraction of sp³-hybridized carbons (Fsp3) is 0.462. The number of rotatable bonds is 8. The second-order valence-corrected chi connectivity index (χ2v) is 3.93. The quantitative estimate of drug-likeness (QED) is 0.389. The van der Waals surface area contributed by atoms with Crippen LogP contribution in [0.3, 0.4) is 0 Å². The van der Waals surface area contributed by atoms with Crippen LogP contribution in [-0.2, 0) is 0 Å². The van der Waals surface area contributed by atoms with Gasteiger partial charge in [0.2, 0.25) is 0 Å². The van der Waals surface area contributed by atoms with E-state index in [-0.39, 0.29) is 5.76 Å². The standard InChI is InChI=1S/C13H20N2O/c1-5-6-11(2)8-15(10-13(4)16)9-12(3)7-14/h16H,2-6,8-10H2,1H3. The average molecular weight is 220 g/mol. The monoisotopic (exact) mass is 220 g/mol. The zero-order valence-corrected chi connectivity index (χ0v) is 10.00. The number of nitrogens with zero attached hydrogens (tertiary/aromatic N) is 2. The molecule has 0 spiro atoms. The summed E-state index contributed by atoms with van der Waals surface area (Å²) in [5.41, 5.74) is 1.57. The predicted molar refractivity (Wildman–Crippen MR) is 67.0 cm³/mol. The maximum atomic E-state index is 9.17. The largest absolute Gasteiger partial charge is 0.512 e. The second kappa shape index (κ2) is 7.72. The lowest BCUT2D eigenvalue weighted by atomic mass is 10.1. The summed E-state index contributed by atoms with van der Waals surface area (Å²) in [5.74, 6) is 0.0926. The van der Waals surface area contributed by atoms with Gasteiger partial charge in [-0.05, 0) is 6.42 Å². The van der Waals surface area contributed by atoms with E-state index in [4.69, 9.17) is 5.26 Å². The van der Waals surface area contributed by atoms with E-state index in [2.05, 4.69) is 26.7 Å². The van der Waals surface area contributed by atoms with Gasteiger partial charge in [-0.2, -0.15) is 5.26 Å². The van der Waals surface area contributed by atoms with Crippen LogP contribution in [0.15, 0.2) is 36.6 Å². The van der Waals surface area contributed by atoms with Gasteiger partial charge in [-0.3, -0.25) is 4.90 Å². The molecule has 0 aliphatic heterocycles. The minimum absolute atomic E-state index is 0.0926. The molecule has 0 radical (unpaired) electrons. The molecule has 88 valence electrons. The van der Waals surface area contributed by atoms with Crippen LogP contribution in [0.5, 0.6) is 0 Å². The van der Waals surface area contributed by atoms with Crippen molar-refractivity contribution in [1.82, 2.24) is 4.90 Å². The summed E-state index contributed by atoms with van der Waals surface area (Å²) in [6.45, 7) is 14.6. The van der Waals surface area contributed by atoms with Crippen LogP contribution in [-0.4, -0.2) is 29.6 Å². The summed E-state index contributed by atoms with van der Waals surface area (Å²) in [4.78, 5) is 1.91. The van der Waals surface area contributed by atoms with E-state index in [0.717, 1.165) is 18.4 Å². The van der Waals surface area contributed by atoms with Gasteiger partial charge in [0.1, 0.15) is 0 Å². The molecular weight excluding hydrogens is 200 g/mol. The van der Waals surface area contributed by atoms with Crippen molar-refractivity contribution in [2.75, 3.05) is 19.6 Å². The third kappa shape index (κ3) is 6.86. The van der Waals surface area contributed by atoms with Crippen molar-refractivity contribution in [2.45, 2.75) is 19.8 Å². The molecule has 0 atom stereocenters. The van der Waals surface area contributed by atoms with Crippen LogP contribution in [0.25, 0.3) is 0 Å². The molecule has 0 bridgehead atoms. The molecule has 0 heterocycles. The molecule has 0 aromatic heterocycles. The molecule has 0 rings (SSSR count). The van der Waals surface area contributed by atoms with Gasteiger partial charge >= 0.3 is 0 Å². The van der Waals surface area contributed by atoms with Crippen molar-refractivity contribution >= 4 is 0 Å². The Morgan fingerprint density at radius 1 is 1.25 bits per heavy atom. The van der Waals surface area contributed by atoms with Crippen molar-refractivity contribution in [2.24, 2.45) is 0 Å². The highest BCUT2D eigenvalue weighted by Crippen LogP contribution is 2.07. The number of aliphatic hydroxyl groups is 1. The highest BCUT2D eigenvalue weighted by Gasteiger charge is 2.09. The van der Waals surface area contributed by atoms with E-state index in [9.17, 15) is 5.11 Å². The van der Waals surface area contributed by atoms with E-state index in [1.165, 1.54) is 0 Å². The zero-order chi connectivity index (χ0) is 12.6. The third-order valence-corrected chi connectivity index (χ3v) is 2.03. The first-order valence-electron chi connectivity index (χ1n) is 5.33. The molecule has 0 fully saturated rings. The minimum atomic E-state index is 0.0926. The van der Waals surface area contributed by atoms with Crippen LogP contribution < -0.4 is 0 Å². The van der Waals surface area contributed by atoms with Crippen LogP contribution in [0.4, 0.5) is 0 Å². The summed E-state index contributed by atoms with van der Waals surface area (Å²) < 4.78 is 0. The average Bonchev–Trinajstić information content (AvgIpc) is 2.16. The minimum Gasteiger partial charge on any atom is -0.512 e. The van der Waals surface area contributed by atoms with Gasteiger partial charge in [-0.15, -0.1) is 0 Å². The summed E-state index contributed by atoms with van der Waals surface area (Å²) in [5, 5.41) is 17.8. The van der Waals surface area contributed by atoms with E-state index in [0.29, 0.717) is 25.2 Å². The van der Waals surface area contributed by atoms with Crippen LogP contribution in [0.1, 0.15) is 19.8 Å². The first-order valence-corrected chi connectivity index (χ1v) is 5.33. The lowest BCUT2D eigenvalue weighted by molar-refractivity contribution is 0.282. The maximum Gasteiger partial charge on any atom is 0.0991 e. The fourth-order valence-electron chi connectivity index (χ4n) is 1.48. The SMILES string of the molecule is C=C(O)CN(CC(=C)C#N)CC(=C)CCC. The van der Waals surface area contributed by atoms with E-state index in [1.807, 2.05) is 11.0 Å². The van der Waals surface area contributed by atoms with E-state index in [1.54, 1.807) is 0 Å². The number of hydrogen-bond donors (Lipinski definition) is 1. The second-order valence-electron chi connectivity index (χ2n) is 3.93. The fourth-order valence-corrected chi connectivity index (χ4v) is 1.48. The first kappa shape index (κ1) is 14.5. The lowest BCUT2D eigenvalue weighted by Gasteiger charge is -2.22. The molecule has 0 amide bonds. The Morgan fingerprint density at radius 2 is 1.88 bits per heavy atom. The van der Waals surface area contributed by atoms with Crippen molar-refractivity contribution in [3.63, 3.8) is 0 Å². The van der Waals surface area contributed by atoms with Crippen molar-refractivity contribution in [1.29, 1.82) is 5.26 Å². The third-order valence-electron chi connectivity index (χ3n) is 2.03. The van der Waals surface area contributed by atoms with E-state index < -0.39 is 0 Å². The number of nitriles is 1. The van der Waals surface area contributed by atoms with Gasteiger partial charge in [-0.25, -0.2) is 0 Å². The van der Waals surface area contributed by atoms with Gasteiger partial charge in [0.05, 0.1) is 18.4 Å². The van der Waals surface area contributed by atoms with Crippen LogP contribution in [0.2, 0.25) is 0 Å². The highest BCUT2D eigenvalue weighted by atomic mass is 16.3. The smallest absolute Gasteiger partial charge is 0.0991 e. The Kier molecular flexibility index (Phi) is 6.98. The van der Waals surface area contributed by atoms with E-state index >= 15 is 0 Å². The summed E-state index contributed by atoms with van der Waals surface area (Å²) in [6.07, 6.45) is 2.00. The molecule has 1 N–H and O–H groups in total. The number of hydrogen-bond acceptors (Lipinski definition) is 3. The van der Waals surface area contributed by atoms with Gasteiger partial charge in [0.15, 0.2) is 0 Å². The molecule has 0 aliphatic carbocycles. The normalized spacial score (nSPS) is 9.81. The molecule has 0 aliphatic rings. The summed E-state index contributed by atoms with van der Waals surface area (Å²) in [6, 6.07) is 2.00. The number of aliphatic hydroxyl groups excluding tert-OH is 1. The Labute approximate surface area is 98.0 Å². The predicted octanol–water partition coefficient (Wildman–Crippen LogP) is 2.80. The lowest BCUT2D eigenvalue weighted by Crippen LogP contribution is -2.29. The first-order chi connectivity index (χ1) is 7.49. The van der Waals surface area contributed by atoms with Gasteiger partial charge in [0.25, 0.3) is 0 Å². The summed E-state index contributed by atoms with van der Waals surface area (Å²) in [7, 11) is 0. The summed E-state index contributed by atoms with van der Waals surface area (Å²) >= 11 is 0. The Balaban J connectivity index is 4.32. The Morgan fingerprint density at radius 3 is 2.31 bits per heavy atom. The van der Waals surface area contributed by atoms with Gasteiger partial charge < -0.3 is 5.11 Å². The van der Waals surface area contributed by atoms with Crippen LogP contribution in [0, 0.1) is 11.3 Å². The molecule has 0 saturated heterocycles. The Hall–Kier alpha value is -1.53. The zero-order valence-electron chi connectivity index (χ0n) is 10.00. The molecule has 0 saturated carbocycles. The van der Waals surface area contributed by atoms with Gasteiger partial charge in [-0.1, -0.05) is 38.7 Å². The molecule has 3 heteroatoms. The van der Waals surface area contributed by atoms with Gasteiger partial charge in [0, 0.05) is 18.7 Å². The molecule has 0 aromatic carbocycles. The van der Waals surface area contributed by atoms with Crippen molar-refractivity contribution in [3.05, 3.63) is 36.6 Å². The molecule has 16 heavy (non-hydrogen) atoms. The molecule has 0 unspecified atom stereocenters. The highest BCUT2D eigenvalue weighted by molar-refractivity contribution is 5.18. The van der Waals surface area contributed by atoms with Crippen LogP contribution >= 0.6 is 0 Å². The maximum absolute atomic E-state index is 9.17. The molecule has 3 nitrogen and oxygen atoms in total. The molecular formula is C13H20N2O. The molecule has 0 aromatic rings. The topological polar surface area (TPSA) is 47.3 Å². The Bertz CT molecular complexity index is 312.